The maximum absolute atomic E-state index is 13.8. The zero-order valence-corrected chi connectivity index (χ0v) is 23.0. The summed E-state index contributed by atoms with van der Waals surface area (Å²) in [6.07, 6.45) is 0.368. The highest BCUT2D eigenvalue weighted by Gasteiger charge is 2.48. The maximum Gasteiger partial charge on any atom is 0.408 e. The number of fused-ring (bicyclic) bond motifs is 3. The summed E-state index contributed by atoms with van der Waals surface area (Å²) in [7, 11) is 0. The van der Waals surface area contributed by atoms with Crippen LogP contribution in [0.5, 0.6) is 0 Å². The van der Waals surface area contributed by atoms with Gasteiger partial charge >= 0.3 is 12.1 Å². The van der Waals surface area contributed by atoms with Crippen molar-refractivity contribution in [2.24, 2.45) is 5.92 Å². The zero-order chi connectivity index (χ0) is 28.4. The fourth-order valence-electron chi connectivity index (χ4n) is 6.57. The first-order valence-electron chi connectivity index (χ1n) is 14.3. The van der Waals surface area contributed by atoms with E-state index in [1.165, 1.54) is 5.56 Å². The van der Waals surface area contributed by atoms with Gasteiger partial charge in [0.25, 0.3) is 0 Å². The number of benzene rings is 3. The first-order valence-corrected chi connectivity index (χ1v) is 14.3. The SMILES string of the molecule is O=C(O)CC1CN(C(=O)C2(NC(=O)OCC3c4ccccc4-c4ccccc43)CCN(Cc3ccccc3)CC2)C1. The Balaban J connectivity index is 1.14. The van der Waals surface area contributed by atoms with Gasteiger partial charge in [-0.3, -0.25) is 14.5 Å². The predicted octanol–water partition coefficient (Wildman–Crippen LogP) is 4.49. The molecule has 0 radical (unpaired) electrons. The van der Waals surface area contributed by atoms with Gasteiger partial charge in [0.2, 0.25) is 5.91 Å². The highest BCUT2D eigenvalue weighted by Crippen LogP contribution is 2.44. The standard InChI is InChI=1S/C33H35N3O5/c37-30(38)18-24-20-36(21-24)31(39)33(14-16-35(17-15-33)19-23-8-2-1-3-9-23)34-32(40)41-22-29-27-12-6-4-10-25(27)26-11-5-7-13-28(26)29/h1-13,24,29H,14-22H2,(H,34,40)(H,37,38). The molecular formula is C33H35N3O5. The van der Waals surface area contributed by atoms with E-state index in [4.69, 9.17) is 9.84 Å². The lowest BCUT2D eigenvalue weighted by Crippen LogP contribution is -2.67. The molecule has 0 spiro atoms. The number of nitrogens with zero attached hydrogens (tertiary/aromatic N) is 2. The van der Waals surface area contributed by atoms with Crippen LogP contribution in [0, 0.1) is 5.92 Å². The largest absolute Gasteiger partial charge is 0.481 e. The molecule has 3 aromatic rings. The number of carboxylic acid groups (broad SMARTS) is 1. The number of rotatable bonds is 8. The highest BCUT2D eigenvalue weighted by atomic mass is 16.5. The number of alkyl carbamates (subject to hydrolysis) is 1. The Kier molecular flexibility index (Phi) is 7.49. The number of hydrogen-bond donors (Lipinski definition) is 2. The summed E-state index contributed by atoms with van der Waals surface area (Å²) in [5.41, 5.74) is 4.70. The molecule has 2 amide bonds. The predicted molar refractivity (Wildman–Crippen MR) is 154 cm³/mol. The van der Waals surface area contributed by atoms with Gasteiger partial charge in [-0.25, -0.2) is 4.79 Å². The second-order valence-corrected chi connectivity index (χ2v) is 11.5. The molecular weight excluding hydrogens is 518 g/mol. The highest BCUT2D eigenvalue weighted by molar-refractivity contribution is 5.91. The number of aliphatic carboxylic acids is 1. The summed E-state index contributed by atoms with van der Waals surface area (Å²) in [6.45, 7) is 3.04. The molecule has 2 fully saturated rings. The lowest BCUT2D eigenvalue weighted by Gasteiger charge is -2.47. The Bertz CT molecular complexity index is 1380. The fraction of sp³-hybridized carbons (Fsp3) is 0.364. The van der Waals surface area contributed by atoms with Crippen molar-refractivity contribution in [3.05, 3.63) is 95.6 Å². The van der Waals surface area contributed by atoms with Crippen LogP contribution in [0.15, 0.2) is 78.9 Å². The number of carboxylic acids is 1. The van der Waals surface area contributed by atoms with Crippen molar-refractivity contribution in [3.63, 3.8) is 0 Å². The number of likely N-dealkylation sites (tertiary alicyclic amines) is 2. The molecule has 212 valence electrons. The molecule has 2 N–H and O–H groups in total. The molecule has 6 rings (SSSR count). The summed E-state index contributed by atoms with van der Waals surface area (Å²) in [6, 6.07) is 26.6. The number of nitrogens with one attached hydrogen (secondary N) is 1. The number of carbonyl (C=O) groups excluding carboxylic acids is 2. The smallest absolute Gasteiger partial charge is 0.408 e. The van der Waals surface area contributed by atoms with E-state index < -0.39 is 17.6 Å². The second-order valence-electron chi connectivity index (χ2n) is 11.5. The first kappa shape index (κ1) is 27.0. The lowest BCUT2D eigenvalue weighted by molar-refractivity contribution is -0.150. The summed E-state index contributed by atoms with van der Waals surface area (Å²) in [5, 5.41) is 12.1. The molecule has 3 aromatic carbocycles. The van der Waals surface area contributed by atoms with Crippen molar-refractivity contribution >= 4 is 18.0 Å². The molecule has 2 heterocycles. The molecule has 8 nitrogen and oxygen atoms in total. The topological polar surface area (TPSA) is 99.2 Å². The molecule has 0 bridgehead atoms. The third kappa shape index (κ3) is 5.57. The normalized spacial score (nSPS) is 18.2. The van der Waals surface area contributed by atoms with E-state index in [1.54, 1.807) is 4.90 Å². The quantitative estimate of drug-likeness (QED) is 0.427. The van der Waals surface area contributed by atoms with Crippen LogP contribution in [0.1, 0.15) is 41.9 Å². The summed E-state index contributed by atoms with van der Waals surface area (Å²) in [4.78, 5) is 42.2. The molecule has 2 aliphatic heterocycles. The van der Waals surface area contributed by atoms with Gasteiger partial charge < -0.3 is 20.1 Å². The third-order valence-corrected chi connectivity index (χ3v) is 8.76. The van der Waals surface area contributed by atoms with E-state index in [1.807, 2.05) is 42.5 Å². The minimum Gasteiger partial charge on any atom is -0.481 e. The molecule has 8 heteroatoms. The van der Waals surface area contributed by atoms with Crippen molar-refractivity contribution < 1.29 is 24.2 Å². The van der Waals surface area contributed by atoms with Crippen LogP contribution in [0.2, 0.25) is 0 Å². The number of hydrogen-bond acceptors (Lipinski definition) is 5. The van der Waals surface area contributed by atoms with Gasteiger partial charge in [-0.1, -0.05) is 78.9 Å². The van der Waals surface area contributed by atoms with Crippen LogP contribution in [-0.4, -0.2) is 71.2 Å². The molecule has 0 saturated carbocycles. The summed E-state index contributed by atoms with van der Waals surface area (Å²) < 4.78 is 5.83. The van der Waals surface area contributed by atoms with E-state index >= 15 is 0 Å². The second kappa shape index (κ2) is 11.4. The Morgan fingerprint density at radius 1 is 0.854 bits per heavy atom. The van der Waals surface area contributed by atoms with Gasteiger partial charge in [0.05, 0.1) is 6.42 Å². The Morgan fingerprint density at radius 3 is 2.05 bits per heavy atom. The van der Waals surface area contributed by atoms with Crippen molar-refractivity contribution in [1.29, 1.82) is 0 Å². The van der Waals surface area contributed by atoms with Crippen molar-refractivity contribution in [3.8, 4) is 11.1 Å². The Hall–Kier alpha value is -4.17. The van der Waals surface area contributed by atoms with E-state index in [0.29, 0.717) is 39.0 Å². The number of carbonyl (C=O) groups is 3. The molecule has 41 heavy (non-hydrogen) atoms. The molecule has 1 aliphatic carbocycles. The minimum atomic E-state index is -1.08. The average molecular weight is 554 g/mol. The zero-order valence-electron chi connectivity index (χ0n) is 23.0. The van der Waals surface area contributed by atoms with Gasteiger partial charge in [-0.2, -0.15) is 0 Å². The van der Waals surface area contributed by atoms with Gasteiger partial charge in [0.1, 0.15) is 12.1 Å². The van der Waals surface area contributed by atoms with E-state index in [9.17, 15) is 14.4 Å². The first-order chi connectivity index (χ1) is 19.9. The van der Waals surface area contributed by atoms with Crippen molar-refractivity contribution in [1.82, 2.24) is 15.1 Å². The van der Waals surface area contributed by atoms with E-state index in [-0.39, 0.29) is 30.8 Å². The molecule has 3 aliphatic rings. The average Bonchev–Trinajstić information content (AvgIpc) is 3.28. The van der Waals surface area contributed by atoms with Crippen molar-refractivity contribution in [2.75, 3.05) is 32.8 Å². The van der Waals surface area contributed by atoms with E-state index in [0.717, 1.165) is 28.8 Å². The molecule has 0 aromatic heterocycles. The number of amides is 2. The number of ether oxygens (including phenoxy) is 1. The van der Waals surface area contributed by atoms with Gasteiger partial charge in [0, 0.05) is 44.6 Å². The summed E-state index contributed by atoms with van der Waals surface area (Å²) in [5.74, 6) is -1.13. The monoisotopic (exact) mass is 553 g/mol. The molecule has 0 unspecified atom stereocenters. The van der Waals surface area contributed by atoms with Crippen molar-refractivity contribution in [2.45, 2.75) is 37.3 Å². The van der Waals surface area contributed by atoms with Gasteiger partial charge in [0.15, 0.2) is 0 Å². The maximum atomic E-state index is 13.8. The third-order valence-electron chi connectivity index (χ3n) is 8.76. The number of piperidine rings is 1. The van der Waals surface area contributed by atoms with Gasteiger partial charge in [-0.15, -0.1) is 0 Å². The minimum absolute atomic E-state index is 0.0431. The lowest BCUT2D eigenvalue weighted by atomic mass is 9.83. The fourth-order valence-corrected chi connectivity index (χ4v) is 6.57. The Morgan fingerprint density at radius 2 is 1.44 bits per heavy atom. The van der Waals surface area contributed by atoms with Crippen LogP contribution in [0.25, 0.3) is 11.1 Å². The van der Waals surface area contributed by atoms with Crippen LogP contribution in [-0.2, 0) is 20.9 Å². The van der Waals surface area contributed by atoms with Crippen LogP contribution < -0.4 is 5.32 Å². The van der Waals surface area contributed by atoms with Crippen LogP contribution >= 0.6 is 0 Å². The molecule has 0 atom stereocenters. The Labute approximate surface area is 239 Å². The summed E-state index contributed by atoms with van der Waals surface area (Å²) >= 11 is 0. The van der Waals surface area contributed by atoms with Crippen LogP contribution in [0.4, 0.5) is 4.79 Å². The van der Waals surface area contributed by atoms with Gasteiger partial charge in [-0.05, 0) is 40.7 Å². The van der Waals surface area contributed by atoms with Crippen LogP contribution in [0.3, 0.4) is 0 Å². The molecule has 2 saturated heterocycles. The van der Waals surface area contributed by atoms with E-state index in [2.05, 4.69) is 46.6 Å².